The molecule has 1 fully saturated rings. The predicted molar refractivity (Wildman–Crippen MR) is 88.5 cm³/mol. The minimum atomic E-state index is -1.11. The van der Waals surface area contributed by atoms with E-state index in [0.717, 1.165) is 38.0 Å². The fourth-order valence-corrected chi connectivity index (χ4v) is 3.06. The molecular formula is C18H28N2O2. The number of piperidine rings is 1. The zero-order valence-electron chi connectivity index (χ0n) is 14.0. The Morgan fingerprint density at radius 2 is 1.91 bits per heavy atom. The first-order valence-corrected chi connectivity index (χ1v) is 8.09. The topological polar surface area (TPSA) is 43.8 Å². The smallest absolute Gasteiger partial charge is 0.225 e. The van der Waals surface area contributed by atoms with Crippen LogP contribution in [0.1, 0.15) is 31.7 Å². The van der Waals surface area contributed by atoms with Crippen molar-refractivity contribution in [2.45, 2.75) is 31.8 Å². The molecule has 0 saturated carbocycles. The molecule has 4 nitrogen and oxygen atoms in total. The van der Waals surface area contributed by atoms with Gasteiger partial charge in [0.25, 0.3) is 0 Å². The molecule has 2 rings (SSSR count). The van der Waals surface area contributed by atoms with E-state index in [1.165, 1.54) is 0 Å². The van der Waals surface area contributed by atoms with Crippen LogP contribution in [-0.2, 0) is 10.4 Å². The molecule has 1 saturated heterocycles. The molecule has 22 heavy (non-hydrogen) atoms. The molecule has 1 aromatic carbocycles. The molecule has 1 heterocycles. The number of carbonyl (C=O) groups excluding carboxylic acids is 1. The van der Waals surface area contributed by atoms with Crippen molar-refractivity contribution < 1.29 is 9.90 Å². The van der Waals surface area contributed by atoms with Crippen LogP contribution < -0.4 is 0 Å². The lowest BCUT2D eigenvalue weighted by atomic mass is 9.91. The van der Waals surface area contributed by atoms with Crippen LogP contribution in [0.5, 0.6) is 0 Å². The number of rotatable bonds is 5. The van der Waals surface area contributed by atoms with Gasteiger partial charge in [0.1, 0.15) is 0 Å². The molecule has 1 amide bonds. The van der Waals surface area contributed by atoms with Gasteiger partial charge in [-0.05, 0) is 51.4 Å². The SMILES string of the molecule is CN1CCC(CN(C)C(=O)CC(C)(O)c2ccccc2)CC1. The lowest BCUT2D eigenvalue weighted by Crippen LogP contribution is -2.40. The van der Waals surface area contributed by atoms with Gasteiger partial charge < -0.3 is 14.9 Å². The molecule has 1 atom stereocenters. The van der Waals surface area contributed by atoms with Gasteiger partial charge in [-0.25, -0.2) is 0 Å². The van der Waals surface area contributed by atoms with Crippen LogP contribution in [0, 0.1) is 5.92 Å². The molecule has 1 aliphatic heterocycles. The van der Waals surface area contributed by atoms with Gasteiger partial charge >= 0.3 is 0 Å². The Hall–Kier alpha value is -1.39. The normalized spacial score (nSPS) is 19.6. The summed E-state index contributed by atoms with van der Waals surface area (Å²) < 4.78 is 0. The Morgan fingerprint density at radius 1 is 1.32 bits per heavy atom. The highest BCUT2D eigenvalue weighted by molar-refractivity contribution is 5.77. The third kappa shape index (κ3) is 4.55. The fraction of sp³-hybridized carbons (Fsp3) is 0.611. The number of amides is 1. The van der Waals surface area contributed by atoms with E-state index in [4.69, 9.17) is 0 Å². The molecule has 122 valence electrons. The van der Waals surface area contributed by atoms with Gasteiger partial charge in [0.05, 0.1) is 12.0 Å². The minimum Gasteiger partial charge on any atom is -0.385 e. The van der Waals surface area contributed by atoms with Gasteiger partial charge in [0.2, 0.25) is 5.91 Å². The van der Waals surface area contributed by atoms with E-state index < -0.39 is 5.60 Å². The molecule has 1 aromatic rings. The molecule has 1 unspecified atom stereocenters. The maximum Gasteiger partial charge on any atom is 0.225 e. The Bertz CT molecular complexity index is 479. The average Bonchev–Trinajstić information content (AvgIpc) is 2.50. The maximum absolute atomic E-state index is 12.4. The monoisotopic (exact) mass is 304 g/mol. The maximum atomic E-state index is 12.4. The van der Waals surface area contributed by atoms with Gasteiger partial charge in [0, 0.05) is 13.6 Å². The third-order valence-corrected chi connectivity index (χ3v) is 4.69. The summed E-state index contributed by atoms with van der Waals surface area (Å²) in [6.07, 6.45) is 2.41. The lowest BCUT2D eigenvalue weighted by Gasteiger charge is -2.33. The quantitative estimate of drug-likeness (QED) is 0.906. The third-order valence-electron chi connectivity index (χ3n) is 4.69. The minimum absolute atomic E-state index is 0.00720. The summed E-state index contributed by atoms with van der Waals surface area (Å²) in [7, 11) is 3.99. The molecule has 0 aliphatic carbocycles. The molecule has 0 spiro atoms. The molecule has 4 heteroatoms. The molecule has 1 N–H and O–H groups in total. The van der Waals surface area contributed by atoms with Crippen LogP contribution in [0.4, 0.5) is 0 Å². The zero-order chi connectivity index (χ0) is 16.2. The van der Waals surface area contributed by atoms with Crippen molar-refractivity contribution in [3.8, 4) is 0 Å². The van der Waals surface area contributed by atoms with Crippen molar-refractivity contribution in [1.82, 2.24) is 9.80 Å². The number of likely N-dealkylation sites (tertiary alicyclic amines) is 1. The number of hydrogen-bond acceptors (Lipinski definition) is 3. The van der Waals surface area contributed by atoms with Gasteiger partial charge in [-0.3, -0.25) is 4.79 Å². The van der Waals surface area contributed by atoms with Crippen LogP contribution in [0.3, 0.4) is 0 Å². The van der Waals surface area contributed by atoms with Gasteiger partial charge in [-0.2, -0.15) is 0 Å². The highest BCUT2D eigenvalue weighted by Crippen LogP contribution is 2.25. The summed E-state index contributed by atoms with van der Waals surface area (Å²) in [6, 6.07) is 9.41. The zero-order valence-corrected chi connectivity index (χ0v) is 14.0. The number of carbonyl (C=O) groups is 1. The van der Waals surface area contributed by atoms with Crippen LogP contribution in [0.15, 0.2) is 30.3 Å². The fourth-order valence-electron chi connectivity index (χ4n) is 3.06. The van der Waals surface area contributed by atoms with E-state index in [1.54, 1.807) is 11.8 Å². The van der Waals surface area contributed by atoms with Crippen molar-refractivity contribution >= 4 is 5.91 Å². The molecule has 0 aromatic heterocycles. The number of benzene rings is 1. The first-order chi connectivity index (χ1) is 10.4. The van der Waals surface area contributed by atoms with Gasteiger partial charge in [-0.1, -0.05) is 30.3 Å². The summed E-state index contributed by atoms with van der Waals surface area (Å²) in [5.41, 5.74) is -0.324. The summed E-state index contributed by atoms with van der Waals surface area (Å²) in [6.45, 7) is 4.71. The second kappa shape index (κ2) is 7.25. The highest BCUT2D eigenvalue weighted by atomic mass is 16.3. The van der Waals surface area contributed by atoms with Crippen molar-refractivity contribution in [1.29, 1.82) is 0 Å². The van der Waals surface area contributed by atoms with E-state index in [-0.39, 0.29) is 12.3 Å². The highest BCUT2D eigenvalue weighted by Gasteiger charge is 2.29. The van der Waals surface area contributed by atoms with Crippen LogP contribution in [0.2, 0.25) is 0 Å². The summed E-state index contributed by atoms with van der Waals surface area (Å²) in [5.74, 6) is 0.583. The van der Waals surface area contributed by atoms with Crippen LogP contribution in [-0.4, -0.2) is 54.5 Å². The Balaban J connectivity index is 1.88. The predicted octanol–water partition coefficient (Wildman–Crippen LogP) is 2.08. The lowest BCUT2D eigenvalue weighted by molar-refractivity contribution is -0.135. The number of nitrogens with zero attached hydrogens (tertiary/aromatic N) is 2. The second-order valence-corrected chi connectivity index (χ2v) is 6.84. The van der Waals surface area contributed by atoms with E-state index in [2.05, 4.69) is 11.9 Å². The van der Waals surface area contributed by atoms with Gasteiger partial charge in [-0.15, -0.1) is 0 Å². The van der Waals surface area contributed by atoms with Crippen LogP contribution in [0.25, 0.3) is 0 Å². The first kappa shape index (κ1) is 17.0. The largest absolute Gasteiger partial charge is 0.385 e. The summed E-state index contributed by atoms with van der Waals surface area (Å²) >= 11 is 0. The molecule has 0 radical (unpaired) electrons. The Kier molecular flexibility index (Phi) is 5.59. The number of aliphatic hydroxyl groups is 1. The van der Waals surface area contributed by atoms with Crippen molar-refractivity contribution in [2.24, 2.45) is 5.92 Å². The molecule has 1 aliphatic rings. The van der Waals surface area contributed by atoms with Crippen molar-refractivity contribution in [3.05, 3.63) is 35.9 Å². The van der Waals surface area contributed by atoms with E-state index in [1.807, 2.05) is 37.4 Å². The molecule has 0 bridgehead atoms. The van der Waals surface area contributed by atoms with E-state index >= 15 is 0 Å². The first-order valence-electron chi connectivity index (χ1n) is 8.09. The summed E-state index contributed by atoms with van der Waals surface area (Å²) in [4.78, 5) is 16.5. The van der Waals surface area contributed by atoms with Crippen LogP contribution >= 0.6 is 0 Å². The average molecular weight is 304 g/mol. The summed E-state index contributed by atoms with van der Waals surface area (Å²) in [5, 5.41) is 10.6. The standard InChI is InChI=1S/C18H28N2O2/c1-18(22,16-7-5-4-6-8-16)13-17(21)20(3)14-15-9-11-19(2)12-10-15/h4-8,15,22H,9-14H2,1-3H3. The molecular weight excluding hydrogens is 276 g/mol. The van der Waals surface area contributed by atoms with Gasteiger partial charge in [0.15, 0.2) is 0 Å². The number of hydrogen-bond donors (Lipinski definition) is 1. The van der Waals surface area contributed by atoms with E-state index in [0.29, 0.717) is 5.92 Å². The second-order valence-electron chi connectivity index (χ2n) is 6.84. The Morgan fingerprint density at radius 3 is 2.50 bits per heavy atom. The Labute approximate surface area is 133 Å². The van der Waals surface area contributed by atoms with Crippen molar-refractivity contribution in [3.63, 3.8) is 0 Å². The van der Waals surface area contributed by atoms with E-state index in [9.17, 15) is 9.90 Å². The van der Waals surface area contributed by atoms with Crippen molar-refractivity contribution in [2.75, 3.05) is 33.7 Å².